The number of rotatable bonds is 3. The van der Waals surface area contributed by atoms with E-state index < -0.39 is 30.1 Å². The molecule has 5 heteroatoms. The number of aliphatic hydroxyl groups is 1. The van der Waals surface area contributed by atoms with E-state index in [1.165, 1.54) is 6.08 Å². The summed E-state index contributed by atoms with van der Waals surface area (Å²) < 4.78 is 11.1. The summed E-state index contributed by atoms with van der Waals surface area (Å²) in [5.41, 5.74) is 2.73. The lowest BCUT2D eigenvalue weighted by Crippen LogP contribution is -2.34. The minimum absolute atomic E-state index is 0.192. The van der Waals surface area contributed by atoms with Crippen LogP contribution >= 0.6 is 0 Å². The Labute approximate surface area is 148 Å². The van der Waals surface area contributed by atoms with Crippen LogP contribution in [0.5, 0.6) is 0 Å². The van der Waals surface area contributed by atoms with Gasteiger partial charge in [0.2, 0.25) is 0 Å². The first-order valence-electron chi connectivity index (χ1n) is 8.57. The number of hydrogen-bond donors (Lipinski definition) is 1. The molecule has 0 aromatic rings. The van der Waals surface area contributed by atoms with Gasteiger partial charge in [-0.2, -0.15) is 0 Å². The zero-order chi connectivity index (χ0) is 18.6. The topological polar surface area (TPSA) is 72.8 Å². The lowest BCUT2D eigenvalue weighted by atomic mass is 9.85. The third kappa shape index (κ3) is 4.48. The Morgan fingerprint density at radius 3 is 2.80 bits per heavy atom. The molecule has 1 N–H and O–H groups in total. The number of carbonyl (C=O) groups excluding carboxylic acids is 2. The highest BCUT2D eigenvalue weighted by Gasteiger charge is 2.44. The molecule has 2 aliphatic rings. The summed E-state index contributed by atoms with van der Waals surface area (Å²) >= 11 is 0. The van der Waals surface area contributed by atoms with Gasteiger partial charge in [0.05, 0.1) is 18.1 Å². The van der Waals surface area contributed by atoms with Crippen molar-refractivity contribution in [3.05, 3.63) is 47.1 Å². The SMILES string of the molecule is C=C1C(=O)O[C@@H]2/C=C(\C)CC/C=C(/C)C[C@@H](OC(=O)/C(=C\C)CO)[C@@H]12. The van der Waals surface area contributed by atoms with Crippen LogP contribution < -0.4 is 0 Å². The van der Waals surface area contributed by atoms with E-state index in [1.807, 2.05) is 19.9 Å². The van der Waals surface area contributed by atoms with Gasteiger partial charge < -0.3 is 14.6 Å². The van der Waals surface area contributed by atoms with E-state index in [-0.39, 0.29) is 12.2 Å². The van der Waals surface area contributed by atoms with Crippen LogP contribution in [0, 0.1) is 5.92 Å². The van der Waals surface area contributed by atoms with E-state index in [9.17, 15) is 14.7 Å². The molecular weight excluding hydrogens is 320 g/mol. The molecule has 1 heterocycles. The average molecular weight is 346 g/mol. The molecule has 0 aromatic carbocycles. The van der Waals surface area contributed by atoms with Crippen molar-refractivity contribution in [2.24, 2.45) is 5.92 Å². The van der Waals surface area contributed by atoms with Crippen molar-refractivity contribution in [2.75, 3.05) is 6.61 Å². The summed E-state index contributed by atoms with van der Waals surface area (Å²) in [6.45, 7) is 9.13. The van der Waals surface area contributed by atoms with Gasteiger partial charge in [0.1, 0.15) is 12.2 Å². The van der Waals surface area contributed by atoms with Crippen LogP contribution in [-0.4, -0.2) is 35.9 Å². The van der Waals surface area contributed by atoms with Crippen molar-refractivity contribution in [2.45, 2.75) is 52.2 Å². The van der Waals surface area contributed by atoms with Gasteiger partial charge >= 0.3 is 11.9 Å². The van der Waals surface area contributed by atoms with E-state index in [2.05, 4.69) is 12.7 Å². The number of aliphatic hydroxyl groups excluding tert-OH is 1. The van der Waals surface area contributed by atoms with Gasteiger partial charge in [0, 0.05) is 12.0 Å². The average Bonchev–Trinajstić information content (AvgIpc) is 2.81. The van der Waals surface area contributed by atoms with Crippen molar-refractivity contribution in [1.29, 1.82) is 0 Å². The Balaban J connectivity index is 2.37. The molecule has 1 aliphatic carbocycles. The highest BCUT2D eigenvalue weighted by Crippen LogP contribution is 2.36. The number of hydrogen-bond acceptors (Lipinski definition) is 5. The fourth-order valence-corrected chi connectivity index (χ4v) is 3.22. The predicted molar refractivity (Wildman–Crippen MR) is 94.6 cm³/mol. The molecular formula is C20H26O5. The molecule has 2 rings (SSSR count). The summed E-state index contributed by atoms with van der Waals surface area (Å²) in [4.78, 5) is 24.4. The van der Waals surface area contributed by atoms with Gasteiger partial charge in [0.25, 0.3) is 0 Å². The van der Waals surface area contributed by atoms with Crippen molar-refractivity contribution in [3.63, 3.8) is 0 Å². The first kappa shape index (κ1) is 19.2. The molecule has 0 unspecified atom stereocenters. The van der Waals surface area contributed by atoms with Gasteiger partial charge in [0.15, 0.2) is 0 Å². The highest BCUT2D eigenvalue weighted by atomic mass is 16.6. The van der Waals surface area contributed by atoms with Crippen LogP contribution in [0.25, 0.3) is 0 Å². The lowest BCUT2D eigenvalue weighted by molar-refractivity contribution is -0.147. The van der Waals surface area contributed by atoms with Crippen LogP contribution in [0.1, 0.15) is 40.0 Å². The van der Waals surface area contributed by atoms with Crippen molar-refractivity contribution in [1.82, 2.24) is 0 Å². The summed E-state index contributed by atoms with van der Waals surface area (Å²) in [6.07, 6.45) is 6.80. The van der Waals surface area contributed by atoms with Crippen LogP contribution in [0.4, 0.5) is 0 Å². The molecule has 3 atom stereocenters. The van der Waals surface area contributed by atoms with Gasteiger partial charge in [-0.1, -0.05) is 29.9 Å². The Morgan fingerprint density at radius 2 is 2.16 bits per heavy atom. The predicted octanol–water partition coefficient (Wildman–Crippen LogP) is 3.01. The molecule has 1 fully saturated rings. The largest absolute Gasteiger partial charge is 0.458 e. The number of carbonyl (C=O) groups is 2. The lowest BCUT2D eigenvalue weighted by Gasteiger charge is -2.27. The van der Waals surface area contributed by atoms with Gasteiger partial charge in [-0.15, -0.1) is 0 Å². The first-order chi connectivity index (χ1) is 11.9. The second-order valence-electron chi connectivity index (χ2n) is 6.64. The van der Waals surface area contributed by atoms with E-state index in [0.717, 1.165) is 24.0 Å². The maximum Gasteiger partial charge on any atom is 0.336 e. The van der Waals surface area contributed by atoms with E-state index in [4.69, 9.17) is 9.47 Å². The van der Waals surface area contributed by atoms with Crippen molar-refractivity contribution in [3.8, 4) is 0 Å². The fourth-order valence-electron chi connectivity index (χ4n) is 3.22. The summed E-state index contributed by atoms with van der Waals surface area (Å²) in [5.74, 6) is -1.45. The molecule has 1 aliphatic heterocycles. The van der Waals surface area contributed by atoms with E-state index in [0.29, 0.717) is 12.0 Å². The molecule has 0 spiro atoms. The van der Waals surface area contributed by atoms with E-state index in [1.54, 1.807) is 6.92 Å². The summed E-state index contributed by atoms with van der Waals surface area (Å²) in [6, 6.07) is 0. The number of ether oxygens (including phenoxy) is 2. The van der Waals surface area contributed by atoms with Crippen LogP contribution in [0.3, 0.4) is 0 Å². The minimum Gasteiger partial charge on any atom is -0.458 e. The van der Waals surface area contributed by atoms with Gasteiger partial charge in [-0.25, -0.2) is 9.59 Å². The number of fused-ring (bicyclic) bond motifs is 1. The first-order valence-corrected chi connectivity index (χ1v) is 8.57. The van der Waals surface area contributed by atoms with Crippen LogP contribution in [0.15, 0.2) is 47.1 Å². The molecule has 0 saturated carbocycles. The highest BCUT2D eigenvalue weighted by molar-refractivity contribution is 5.92. The Bertz CT molecular complexity index is 653. The monoisotopic (exact) mass is 346 g/mol. The zero-order valence-electron chi connectivity index (χ0n) is 15.1. The quantitative estimate of drug-likeness (QED) is 0.483. The third-order valence-corrected chi connectivity index (χ3v) is 4.70. The van der Waals surface area contributed by atoms with Crippen molar-refractivity contribution < 1.29 is 24.2 Å². The number of esters is 2. The molecule has 1 saturated heterocycles. The Kier molecular flexibility index (Phi) is 6.37. The smallest absolute Gasteiger partial charge is 0.336 e. The van der Waals surface area contributed by atoms with Gasteiger partial charge in [-0.05, 0) is 39.7 Å². The second-order valence-corrected chi connectivity index (χ2v) is 6.64. The maximum absolute atomic E-state index is 12.3. The molecule has 0 bridgehead atoms. The molecule has 25 heavy (non-hydrogen) atoms. The number of allylic oxidation sites excluding steroid dienone is 3. The van der Waals surface area contributed by atoms with Crippen LogP contribution in [0.2, 0.25) is 0 Å². The van der Waals surface area contributed by atoms with Gasteiger partial charge in [-0.3, -0.25) is 0 Å². The molecule has 136 valence electrons. The van der Waals surface area contributed by atoms with Crippen molar-refractivity contribution >= 4 is 11.9 Å². The Hall–Kier alpha value is -2.14. The normalized spacial score (nSPS) is 32.0. The zero-order valence-corrected chi connectivity index (χ0v) is 15.1. The van der Waals surface area contributed by atoms with E-state index >= 15 is 0 Å². The van der Waals surface area contributed by atoms with Crippen LogP contribution in [-0.2, 0) is 19.1 Å². The maximum atomic E-state index is 12.3. The standard InChI is InChI=1S/C20H26O5/c1-5-15(11-21)20(23)25-17-10-13(3)8-6-7-12(2)9-16-18(17)14(4)19(22)24-16/h5,8-9,16-18,21H,4,6-7,10-11H2,1-3H3/b12-9+,13-8-,15-5-/t16-,17-,18+/m1/s1. The third-order valence-electron chi connectivity index (χ3n) is 4.70. The molecule has 0 radical (unpaired) electrons. The second kappa shape index (κ2) is 8.30. The summed E-state index contributed by atoms with van der Waals surface area (Å²) in [5, 5.41) is 9.29. The minimum atomic E-state index is -0.577. The molecule has 0 amide bonds. The Morgan fingerprint density at radius 1 is 1.44 bits per heavy atom. The molecule has 5 nitrogen and oxygen atoms in total. The summed E-state index contributed by atoms with van der Waals surface area (Å²) in [7, 11) is 0. The molecule has 0 aromatic heterocycles. The fraction of sp³-hybridized carbons (Fsp3) is 0.500.